The molecule has 0 aliphatic heterocycles. The average molecular weight is 246 g/mol. The summed E-state index contributed by atoms with van der Waals surface area (Å²) < 4.78 is 5.54. The zero-order chi connectivity index (χ0) is 14.6. The van der Waals surface area contributed by atoms with Crippen molar-refractivity contribution in [3.05, 3.63) is 72.8 Å². The maximum atomic E-state index is 5.54. The van der Waals surface area contributed by atoms with Gasteiger partial charge in [-0.05, 0) is 44.6 Å². The van der Waals surface area contributed by atoms with Crippen LogP contribution in [-0.2, 0) is 4.74 Å². The second-order valence-corrected chi connectivity index (χ2v) is 3.48. The lowest BCUT2D eigenvalue weighted by Gasteiger charge is -2.07. The summed E-state index contributed by atoms with van der Waals surface area (Å²) in [5.74, 6) is 1.31. The van der Waals surface area contributed by atoms with E-state index >= 15 is 0 Å². The zero-order valence-corrected chi connectivity index (χ0v) is 12.4. The number of hydrogen-bond acceptors (Lipinski definition) is 1. The topological polar surface area (TPSA) is 9.23 Å². The van der Waals surface area contributed by atoms with Crippen LogP contribution in [0.2, 0.25) is 0 Å². The highest BCUT2D eigenvalue weighted by atomic mass is 16.5. The SMILES string of the molecule is C=C/C=C(\C=C/C)OC(=C)/C=C(/C)C(=C)C.CC. The monoisotopic (exact) mass is 246 g/mol. The molecule has 0 aliphatic rings. The third kappa shape index (κ3) is 9.46. The molecule has 1 heteroatoms. The van der Waals surface area contributed by atoms with Crippen molar-refractivity contribution < 1.29 is 4.74 Å². The van der Waals surface area contributed by atoms with Crippen LogP contribution in [0.1, 0.15) is 34.6 Å². The minimum atomic E-state index is 0.590. The van der Waals surface area contributed by atoms with E-state index in [0.717, 1.165) is 11.1 Å². The van der Waals surface area contributed by atoms with Gasteiger partial charge in [0.15, 0.2) is 0 Å². The fraction of sp³-hybridized carbons (Fsp3) is 0.294. The molecule has 1 nitrogen and oxygen atoms in total. The highest BCUT2D eigenvalue weighted by Crippen LogP contribution is 2.13. The molecule has 0 N–H and O–H groups in total. The first kappa shape index (κ1) is 18.6. The minimum absolute atomic E-state index is 0.590. The van der Waals surface area contributed by atoms with Gasteiger partial charge in [-0.1, -0.05) is 51.3 Å². The average Bonchev–Trinajstić information content (AvgIpc) is 2.32. The molecule has 100 valence electrons. The Balaban J connectivity index is 0. The molecule has 0 fully saturated rings. The largest absolute Gasteiger partial charge is 0.458 e. The smallest absolute Gasteiger partial charge is 0.127 e. The van der Waals surface area contributed by atoms with Crippen LogP contribution in [0.3, 0.4) is 0 Å². The predicted octanol–water partition coefficient (Wildman–Crippen LogP) is 5.71. The van der Waals surface area contributed by atoms with E-state index in [9.17, 15) is 0 Å². The van der Waals surface area contributed by atoms with Gasteiger partial charge in [-0.25, -0.2) is 0 Å². The van der Waals surface area contributed by atoms with Crippen molar-refractivity contribution in [2.24, 2.45) is 0 Å². The molecule has 0 aromatic heterocycles. The highest BCUT2D eigenvalue weighted by Gasteiger charge is 1.96. The van der Waals surface area contributed by atoms with Crippen molar-refractivity contribution in [1.82, 2.24) is 0 Å². The minimum Gasteiger partial charge on any atom is -0.458 e. The molecular weight excluding hydrogens is 220 g/mol. The van der Waals surface area contributed by atoms with Crippen LogP contribution < -0.4 is 0 Å². The van der Waals surface area contributed by atoms with Crippen molar-refractivity contribution in [3.8, 4) is 0 Å². The number of rotatable bonds is 6. The first-order valence-corrected chi connectivity index (χ1v) is 6.17. The number of ether oxygens (including phenoxy) is 1. The van der Waals surface area contributed by atoms with E-state index in [1.807, 2.05) is 52.8 Å². The van der Waals surface area contributed by atoms with E-state index in [1.165, 1.54) is 0 Å². The predicted molar refractivity (Wildman–Crippen MR) is 83.2 cm³/mol. The summed E-state index contributed by atoms with van der Waals surface area (Å²) in [7, 11) is 0. The van der Waals surface area contributed by atoms with E-state index in [0.29, 0.717) is 11.5 Å². The summed E-state index contributed by atoms with van der Waals surface area (Å²) in [6.45, 7) is 21.2. The Bertz CT molecular complexity index is 365. The number of allylic oxidation sites excluding steroid dienone is 7. The molecule has 0 bridgehead atoms. The Morgan fingerprint density at radius 1 is 1.11 bits per heavy atom. The van der Waals surface area contributed by atoms with Crippen molar-refractivity contribution >= 4 is 0 Å². The summed E-state index contributed by atoms with van der Waals surface area (Å²) in [6.07, 6.45) is 9.09. The van der Waals surface area contributed by atoms with Crippen LogP contribution in [0.25, 0.3) is 0 Å². The maximum Gasteiger partial charge on any atom is 0.127 e. The molecule has 0 aliphatic carbocycles. The van der Waals surface area contributed by atoms with Crippen LogP contribution in [0.5, 0.6) is 0 Å². The van der Waals surface area contributed by atoms with Crippen LogP contribution in [0.4, 0.5) is 0 Å². The van der Waals surface area contributed by atoms with Gasteiger partial charge in [0.1, 0.15) is 11.5 Å². The van der Waals surface area contributed by atoms with Crippen molar-refractivity contribution in [3.63, 3.8) is 0 Å². The zero-order valence-electron chi connectivity index (χ0n) is 12.4. The summed E-state index contributed by atoms with van der Waals surface area (Å²) >= 11 is 0. The molecule has 0 rings (SSSR count). The Kier molecular flexibility index (Phi) is 12.1. The first-order chi connectivity index (χ1) is 8.51. The summed E-state index contributed by atoms with van der Waals surface area (Å²) in [5.41, 5.74) is 2.06. The number of hydrogen-bond donors (Lipinski definition) is 0. The first-order valence-electron chi connectivity index (χ1n) is 6.17. The van der Waals surface area contributed by atoms with Gasteiger partial charge in [0.25, 0.3) is 0 Å². The molecule has 0 heterocycles. The van der Waals surface area contributed by atoms with Crippen LogP contribution in [-0.4, -0.2) is 0 Å². The second kappa shape index (κ2) is 11.7. The third-order valence-electron chi connectivity index (χ3n) is 1.91. The molecule has 0 unspecified atom stereocenters. The van der Waals surface area contributed by atoms with E-state index in [4.69, 9.17) is 4.74 Å². The lowest BCUT2D eigenvalue weighted by Crippen LogP contribution is -1.88. The maximum absolute atomic E-state index is 5.54. The fourth-order valence-corrected chi connectivity index (χ4v) is 0.950. The van der Waals surface area contributed by atoms with Gasteiger partial charge >= 0.3 is 0 Å². The third-order valence-corrected chi connectivity index (χ3v) is 1.91. The van der Waals surface area contributed by atoms with Crippen molar-refractivity contribution in [2.45, 2.75) is 34.6 Å². The van der Waals surface area contributed by atoms with Crippen molar-refractivity contribution in [2.75, 3.05) is 0 Å². The standard InChI is InChI=1S/C15H20O.C2H6/c1-7-9-15(10-8-2)16-14(6)11-13(5)12(3)4;1-2/h7-11H,1,3,6H2,2,4-5H3;1-2H3/b10-8-,13-11-,15-9+;. The Hall–Kier alpha value is -1.76. The summed E-state index contributed by atoms with van der Waals surface area (Å²) in [5, 5.41) is 0. The van der Waals surface area contributed by atoms with E-state index in [-0.39, 0.29) is 0 Å². The van der Waals surface area contributed by atoms with Gasteiger partial charge < -0.3 is 4.74 Å². The van der Waals surface area contributed by atoms with Crippen LogP contribution >= 0.6 is 0 Å². The molecule has 0 saturated carbocycles. The second-order valence-electron chi connectivity index (χ2n) is 3.48. The van der Waals surface area contributed by atoms with Gasteiger partial charge in [0.05, 0.1) is 0 Å². The fourth-order valence-electron chi connectivity index (χ4n) is 0.950. The molecule has 0 amide bonds. The summed E-state index contributed by atoms with van der Waals surface area (Å²) in [6, 6.07) is 0. The van der Waals surface area contributed by atoms with Gasteiger partial charge in [0.2, 0.25) is 0 Å². The molecule has 0 atom stereocenters. The van der Waals surface area contributed by atoms with Crippen LogP contribution in [0, 0.1) is 0 Å². The van der Waals surface area contributed by atoms with Crippen molar-refractivity contribution in [1.29, 1.82) is 0 Å². The Labute approximate surface area is 113 Å². The lowest BCUT2D eigenvalue weighted by molar-refractivity contribution is 0.338. The Morgan fingerprint density at radius 2 is 1.67 bits per heavy atom. The summed E-state index contributed by atoms with van der Waals surface area (Å²) in [4.78, 5) is 0. The molecule has 0 aromatic rings. The van der Waals surface area contributed by atoms with Gasteiger partial charge in [0, 0.05) is 0 Å². The van der Waals surface area contributed by atoms with E-state index in [1.54, 1.807) is 12.2 Å². The van der Waals surface area contributed by atoms with Gasteiger partial charge in [-0.2, -0.15) is 0 Å². The molecule has 0 saturated heterocycles. The van der Waals surface area contributed by atoms with Gasteiger partial charge in [-0.15, -0.1) is 0 Å². The molecular formula is C17H26O. The highest BCUT2D eigenvalue weighted by molar-refractivity contribution is 5.31. The molecule has 0 aromatic carbocycles. The van der Waals surface area contributed by atoms with E-state index in [2.05, 4.69) is 19.7 Å². The van der Waals surface area contributed by atoms with Crippen LogP contribution in [0.15, 0.2) is 72.8 Å². The molecule has 18 heavy (non-hydrogen) atoms. The quantitative estimate of drug-likeness (QED) is 0.431. The van der Waals surface area contributed by atoms with Gasteiger partial charge in [-0.3, -0.25) is 0 Å². The normalized spacial score (nSPS) is 11.6. The Morgan fingerprint density at radius 3 is 2.06 bits per heavy atom. The molecule has 0 radical (unpaired) electrons. The van der Waals surface area contributed by atoms with E-state index < -0.39 is 0 Å². The lowest BCUT2D eigenvalue weighted by atomic mass is 10.1. The molecule has 0 spiro atoms.